The Balaban J connectivity index is 0.00000361. The number of carbonyl (C=O) groups is 1. The number of unbranched alkanes of at least 4 members (excludes halogenated alkanes) is 1. The maximum atomic E-state index is 11.6. The molecule has 0 aromatic heterocycles. The number of carbonyl (C=O) groups excluding carboxylic acids is 1. The lowest BCUT2D eigenvalue weighted by Crippen LogP contribution is -2.34. The summed E-state index contributed by atoms with van der Waals surface area (Å²) in [5.41, 5.74) is 10.9. The van der Waals surface area contributed by atoms with Gasteiger partial charge in [0, 0.05) is 12.1 Å². The highest BCUT2D eigenvalue weighted by Gasteiger charge is 2.16. The summed E-state index contributed by atoms with van der Waals surface area (Å²) in [6.45, 7) is 0.560. The molecule has 0 saturated carbocycles. The Labute approximate surface area is 127 Å². The van der Waals surface area contributed by atoms with E-state index < -0.39 is 16.9 Å². The van der Waals surface area contributed by atoms with Gasteiger partial charge in [-0.2, -0.15) is 0 Å². The van der Waals surface area contributed by atoms with Crippen molar-refractivity contribution in [2.24, 2.45) is 11.5 Å². The van der Waals surface area contributed by atoms with Crippen LogP contribution in [-0.4, -0.2) is 23.5 Å². The van der Waals surface area contributed by atoms with Crippen LogP contribution >= 0.6 is 17.0 Å². The molecule has 20 heavy (non-hydrogen) atoms. The first kappa shape index (κ1) is 18.5. The molecule has 1 aromatic carbocycles. The van der Waals surface area contributed by atoms with Crippen LogP contribution in [0.15, 0.2) is 24.3 Å². The molecule has 0 radical (unpaired) electrons. The first-order valence-corrected chi connectivity index (χ1v) is 5.96. The minimum Gasteiger partial charge on any atom is -0.425 e. The minimum absolute atomic E-state index is 0. The lowest BCUT2D eigenvalue weighted by atomic mass is 10.1. The molecule has 112 valence electrons. The van der Waals surface area contributed by atoms with Crippen molar-refractivity contribution < 1.29 is 14.5 Å². The first-order valence-electron chi connectivity index (χ1n) is 5.96. The van der Waals surface area contributed by atoms with E-state index in [2.05, 4.69) is 0 Å². The van der Waals surface area contributed by atoms with Crippen molar-refractivity contribution in [2.45, 2.75) is 25.3 Å². The molecule has 0 heterocycles. The fourth-order valence-corrected chi connectivity index (χ4v) is 1.45. The largest absolute Gasteiger partial charge is 0.425 e. The Morgan fingerprint density at radius 2 is 1.90 bits per heavy atom. The van der Waals surface area contributed by atoms with Gasteiger partial charge in [-0.25, -0.2) is 4.79 Å². The van der Waals surface area contributed by atoms with Gasteiger partial charge in [0.1, 0.15) is 11.8 Å². The van der Waals surface area contributed by atoms with Gasteiger partial charge in [0.15, 0.2) is 0 Å². The summed E-state index contributed by atoms with van der Waals surface area (Å²) in [5.74, 6) is -0.309. The topological polar surface area (TPSA) is 121 Å². The molecular formula is C12H18BrN3O4. The van der Waals surface area contributed by atoms with E-state index in [1.807, 2.05) is 0 Å². The number of hydrogen-bond donors (Lipinski definition) is 2. The van der Waals surface area contributed by atoms with Gasteiger partial charge in [-0.05, 0) is 31.5 Å². The second-order valence-electron chi connectivity index (χ2n) is 4.06. The van der Waals surface area contributed by atoms with Crippen LogP contribution in [0.1, 0.15) is 19.3 Å². The molecule has 4 N–H and O–H groups in total. The summed E-state index contributed by atoms with van der Waals surface area (Å²) in [5, 5.41) is 10.5. The molecule has 0 aliphatic carbocycles. The Morgan fingerprint density at radius 1 is 1.30 bits per heavy atom. The summed E-state index contributed by atoms with van der Waals surface area (Å²) in [6, 6.07) is 4.55. The Kier molecular flexibility index (Phi) is 8.69. The summed E-state index contributed by atoms with van der Waals surface area (Å²) in [6.07, 6.45) is 2.06. The zero-order valence-corrected chi connectivity index (χ0v) is 12.6. The van der Waals surface area contributed by atoms with E-state index in [1.54, 1.807) is 0 Å². The number of esters is 1. The number of hydrogen-bond acceptors (Lipinski definition) is 6. The maximum absolute atomic E-state index is 11.6. The van der Waals surface area contributed by atoms with Gasteiger partial charge in [0.05, 0.1) is 4.92 Å². The van der Waals surface area contributed by atoms with Crippen molar-refractivity contribution in [1.82, 2.24) is 0 Å². The van der Waals surface area contributed by atoms with E-state index >= 15 is 0 Å². The predicted octanol–water partition coefficient (Wildman–Crippen LogP) is 1.53. The third kappa shape index (κ3) is 6.09. The summed E-state index contributed by atoms with van der Waals surface area (Å²) in [4.78, 5) is 21.5. The summed E-state index contributed by atoms with van der Waals surface area (Å²) < 4.78 is 5.02. The average Bonchev–Trinajstić information content (AvgIpc) is 2.39. The number of nitro benzene ring substituents is 1. The summed E-state index contributed by atoms with van der Waals surface area (Å²) in [7, 11) is 0. The number of ether oxygens (including phenoxy) is 1. The number of nitrogens with zero attached hydrogens (tertiary/aromatic N) is 1. The van der Waals surface area contributed by atoms with Crippen LogP contribution < -0.4 is 16.2 Å². The Hall–Kier alpha value is -1.51. The molecule has 0 aliphatic heterocycles. The lowest BCUT2D eigenvalue weighted by molar-refractivity contribution is -0.384. The monoisotopic (exact) mass is 347 g/mol. The van der Waals surface area contributed by atoms with Crippen molar-refractivity contribution in [3.05, 3.63) is 34.4 Å². The third-order valence-electron chi connectivity index (χ3n) is 2.54. The van der Waals surface area contributed by atoms with Gasteiger partial charge < -0.3 is 16.2 Å². The number of nitrogens with two attached hydrogens (primary N) is 2. The van der Waals surface area contributed by atoms with Crippen LogP contribution in [0.2, 0.25) is 0 Å². The standard InChI is InChI=1S/C12H17N3O4.BrH/c13-8-2-1-3-11(14)12(16)19-10-6-4-9(5-7-10)15(17)18;/h4-7,11H,1-3,8,13-14H2;1H/t11-;/m0./s1. The summed E-state index contributed by atoms with van der Waals surface area (Å²) >= 11 is 0. The van der Waals surface area contributed by atoms with Crippen molar-refractivity contribution in [3.63, 3.8) is 0 Å². The zero-order valence-electron chi connectivity index (χ0n) is 10.9. The fraction of sp³-hybridized carbons (Fsp3) is 0.417. The van der Waals surface area contributed by atoms with Gasteiger partial charge in [-0.15, -0.1) is 17.0 Å². The van der Waals surface area contributed by atoms with E-state index in [0.717, 1.165) is 12.8 Å². The smallest absolute Gasteiger partial charge is 0.328 e. The van der Waals surface area contributed by atoms with Crippen LogP contribution in [0, 0.1) is 10.1 Å². The van der Waals surface area contributed by atoms with Gasteiger partial charge in [0.25, 0.3) is 5.69 Å². The predicted molar refractivity (Wildman–Crippen MR) is 79.9 cm³/mol. The molecule has 7 nitrogen and oxygen atoms in total. The number of nitro groups is 1. The second-order valence-corrected chi connectivity index (χ2v) is 4.06. The van der Waals surface area contributed by atoms with Gasteiger partial charge >= 0.3 is 5.97 Å². The Bertz CT molecular complexity index is 439. The van der Waals surface area contributed by atoms with Crippen LogP contribution in [-0.2, 0) is 4.79 Å². The third-order valence-corrected chi connectivity index (χ3v) is 2.54. The number of rotatable bonds is 7. The van der Waals surface area contributed by atoms with Crippen LogP contribution in [0.4, 0.5) is 5.69 Å². The number of halogens is 1. The van der Waals surface area contributed by atoms with Gasteiger partial charge in [-0.3, -0.25) is 10.1 Å². The molecule has 1 atom stereocenters. The van der Waals surface area contributed by atoms with Crippen LogP contribution in [0.5, 0.6) is 5.75 Å². The fourth-order valence-electron chi connectivity index (χ4n) is 1.45. The highest BCUT2D eigenvalue weighted by Crippen LogP contribution is 2.17. The SMILES string of the molecule is Br.NCCCC[C@H](N)C(=O)Oc1ccc([N+](=O)[O-])cc1. The van der Waals surface area contributed by atoms with Crippen molar-refractivity contribution >= 4 is 28.6 Å². The molecule has 1 rings (SSSR count). The average molecular weight is 348 g/mol. The van der Waals surface area contributed by atoms with Crippen molar-refractivity contribution in [1.29, 1.82) is 0 Å². The molecule has 0 unspecified atom stereocenters. The van der Waals surface area contributed by atoms with Crippen LogP contribution in [0.3, 0.4) is 0 Å². The first-order chi connectivity index (χ1) is 9.04. The molecule has 0 aliphatic rings. The molecule has 1 aromatic rings. The van der Waals surface area contributed by atoms with Crippen LogP contribution in [0.25, 0.3) is 0 Å². The Morgan fingerprint density at radius 3 is 2.40 bits per heavy atom. The molecule has 0 fully saturated rings. The second kappa shape index (κ2) is 9.40. The van der Waals surface area contributed by atoms with E-state index in [9.17, 15) is 14.9 Å². The number of benzene rings is 1. The minimum atomic E-state index is -0.707. The highest BCUT2D eigenvalue weighted by molar-refractivity contribution is 8.93. The van der Waals surface area contributed by atoms with E-state index in [1.165, 1.54) is 24.3 Å². The van der Waals surface area contributed by atoms with E-state index in [0.29, 0.717) is 13.0 Å². The van der Waals surface area contributed by atoms with Crippen molar-refractivity contribution in [3.8, 4) is 5.75 Å². The normalized spacial score (nSPS) is 11.3. The molecule has 0 spiro atoms. The van der Waals surface area contributed by atoms with Gasteiger partial charge in [0.2, 0.25) is 0 Å². The van der Waals surface area contributed by atoms with E-state index in [4.69, 9.17) is 16.2 Å². The number of non-ortho nitro benzene ring substituents is 1. The quantitative estimate of drug-likeness (QED) is 0.253. The van der Waals surface area contributed by atoms with Crippen molar-refractivity contribution in [2.75, 3.05) is 6.54 Å². The molecule has 0 saturated heterocycles. The zero-order chi connectivity index (χ0) is 14.3. The maximum Gasteiger partial charge on any atom is 0.328 e. The van der Waals surface area contributed by atoms with E-state index in [-0.39, 0.29) is 28.4 Å². The molecular weight excluding hydrogens is 330 g/mol. The molecule has 0 amide bonds. The lowest BCUT2D eigenvalue weighted by Gasteiger charge is -2.10. The molecule has 0 bridgehead atoms. The highest BCUT2D eigenvalue weighted by atomic mass is 79.9. The van der Waals surface area contributed by atoms with Gasteiger partial charge in [-0.1, -0.05) is 6.42 Å². The molecule has 8 heteroatoms.